The highest BCUT2D eigenvalue weighted by atomic mass is 16.2. The molecular formula is C21H19N5O3. The number of amides is 1. The molecule has 0 saturated carbocycles. The first kappa shape index (κ1) is 17.4. The van der Waals surface area contributed by atoms with Crippen molar-refractivity contribution in [1.29, 1.82) is 0 Å². The number of para-hydroxylation sites is 1. The Morgan fingerprint density at radius 2 is 1.86 bits per heavy atom. The smallest absolute Gasteiger partial charge is 0.325 e. The van der Waals surface area contributed by atoms with Gasteiger partial charge in [-0.15, -0.1) is 0 Å². The van der Waals surface area contributed by atoms with E-state index in [-0.39, 0.29) is 28.5 Å². The number of carbonyl (C=O) groups is 1. The van der Waals surface area contributed by atoms with Gasteiger partial charge >= 0.3 is 5.69 Å². The van der Waals surface area contributed by atoms with Gasteiger partial charge in [0.1, 0.15) is 5.56 Å². The molecule has 29 heavy (non-hydrogen) atoms. The molecule has 1 amide bonds. The summed E-state index contributed by atoms with van der Waals surface area (Å²) in [4.78, 5) is 51.8. The number of rotatable bonds is 2. The van der Waals surface area contributed by atoms with Crippen LogP contribution in [0.1, 0.15) is 34.7 Å². The normalized spacial score (nSPS) is 15.2. The Labute approximate surface area is 164 Å². The molecule has 0 radical (unpaired) electrons. The Hall–Kier alpha value is -3.68. The van der Waals surface area contributed by atoms with Gasteiger partial charge in [0.15, 0.2) is 5.65 Å². The van der Waals surface area contributed by atoms with Crippen LogP contribution in [-0.4, -0.2) is 43.8 Å². The molecule has 1 saturated heterocycles. The molecule has 4 aromatic rings. The molecule has 1 aromatic carbocycles. The fourth-order valence-electron chi connectivity index (χ4n) is 4.19. The quantitative estimate of drug-likeness (QED) is 0.487. The Morgan fingerprint density at radius 3 is 2.69 bits per heavy atom. The number of hydrogen-bond donors (Lipinski definition) is 3. The zero-order valence-corrected chi connectivity index (χ0v) is 15.6. The van der Waals surface area contributed by atoms with Gasteiger partial charge in [0, 0.05) is 36.4 Å². The number of piperidine rings is 1. The standard InChI is InChI=1S/C21H19N5O3/c27-18-14-3-1-2-4-16(14)23-11-15(18)20(28)26-9-6-12(7-10-26)13-5-8-22-19-17(13)24-21(29)25-19/h1-5,8,11-12H,6-7,9-10H2,(H,23,27)(H2,22,24,25,29). The van der Waals surface area contributed by atoms with E-state index in [4.69, 9.17) is 0 Å². The number of benzene rings is 1. The summed E-state index contributed by atoms with van der Waals surface area (Å²) in [7, 11) is 0. The number of hydrogen-bond acceptors (Lipinski definition) is 4. The van der Waals surface area contributed by atoms with Crippen molar-refractivity contribution >= 4 is 28.0 Å². The zero-order chi connectivity index (χ0) is 20.0. The molecular weight excluding hydrogens is 370 g/mol. The summed E-state index contributed by atoms with van der Waals surface area (Å²) in [6.07, 6.45) is 4.71. The zero-order valence-electron chi connectivity index (χ0n) is 15.6. The first-order valence-electron chi connectivity index (χ1n) is 9.58. The highest BCUT2D eigenvalue weighted by molar-refractivity contribution is 5.97. The summed E-state index contributed by atoms with van der Waals surface area (Å²) in [5, 5.41) is 0.517. The summed E-state index contributed by atoms with van der Waals surface area (Å²) in [5.41, 5.74) is 2.68. The number of nitrogens with zero attached hydrogens (tertiary/aromatic N) is 2. The number of aromatic nitrogens is 4. The molecule has 146 valence electrons. The van der Waals surface area contributed by atoms with Crippen molar-refractivity contribution in [2.24, 2.45) is 0 Å². The highest BCUT2D eigenvalue weighted by Gasteiger charge is 2.27. The van der Waals surface area contributed by atoms with Crippen LogP contribution in [-0.2, 0) is 0 Å². The number of fused-ring (bicyclic) bond motifs is 2. The van der Waals surface area contributed by atoms with Crippen LogP contribution in [0.15, 0.2) is 52.3 Å². The van der Waals surface area contributed by atoms with Gasteiger partial charge in [-0.1, -0.05) is 12.1 Å². The van der Waals surface area contributed by atoms with Crippen molar-refractivity contribution in [3.8, 4) is 0 Å². The van der Waals surface area contributed by atoms with Gasteiger partial charge in [-0.3, -0.25) is 14.6 Å². The lowest BCUT2D eigenvalue weighted by molar-refractivity contribution is 0.0712. The number of imidazole rings is 1. The van der Waals surface area contributed by atoms with Gasteiger partial charge in [0.2, 0.25) is 5.43 Å². The third-order valence-corrected chi connectivity index (χ3v) is 5.69. The summed E-state index contributed by atoms with van der Waals surface area (Å²) in [5.74, 6) is -0.0312. The second-order valence-corrected chi connectivity index (χ2v) is 7.35. The molecule has 0 atom stereocenters. The average molecular weight is 389 g/mol. The van der Waals surface area contributed by atoms with Gasteiger partial charge in [0.25, 0.3) is 5.91 Å². The molecule has 0 unspecified atom stereocenters. The summed E-state index contributed by atoms with van der Waals surface area (Å²) in [6.45, 7) is 1.10. The summed E-state index contributed by atoms with van der Waals surface area (Å²) >= 11 is 0. The molecule has 0 spiro atoms. The molecule has 5 rings (SSSR count). The van der Waals surface area contributed by atoms with Crippen molar-refractivity contribution in [3.05, 3.63) is 74.6 Å². The maximum atomic E-state index is 13.0. The van der Waals surface area contributed by atoms with Crippen molar-refractivity contribution < 1.29 is 4.79 Å². The van der Waals surface area contributed by atoms with Gasteiger partial charge in [0.05, 0.1) is 5.52 Å². The maximum absolute atomic E-state index is 13.0. The molecule has 3 aromatic heterocycles. The largest absolute Gasteiger partial charge is 0.360 e. The van der Waals surface area contributed by atoms with Crippen LogP contribution in [0.5, 0.6) is 0 Å². The SMILES string of the molecule is O=C(c1c[nH]c2ccccc2c1=O)N1CCC(c2ccnc3[nH]c(=O)[nH]c23)CC1. The number of nitrogens with one attached hydrogen (secondary N) is 3. The fraction of sp³-hybridized carbons (Fsp3) is 0.238. The number of carbonyl (C=O) groups excluding carboxylic acids is 1. The van der Waals surface area contributed by atoms with Crippen LogP contribution in [0.2, 0.25) is 0 Å². The van der Waals surface area contributed by atoms with Crippen LogP contribution < -0.4 is 11.1 Å². The third-order valence-electron chi connectivity index (χ3n) is 5.69. The van der Waals surface area contributed by atoms with Crippen LogP contribution in [0.25, 0.3) is 22.1 Å². The summed E-state index contributed by atoms with van der Waals surface area (Å²) in [6, 6.07) is 9.10. The van der Waals surface area contributed by atoms with Gasteiger partial charge in [-0.25, -0.2) is 9.78 Å². The first-order chi connectivity index (χ1) is 14.1. The van der Waals surface area contributed by atoms with Crippen molar-refractivity contribution in [2.75, 3.05) is 13.1 Å². The van der Waals surface area contributed by atoms with Crippen molar-refractivity contribution in [1.82, 2.24) is 24.8 Å². The minimum Gasteiger partial charge on any atom is -0.360 e. The average Bonchev–Trinajstić information content (AvgIpc) is 3.14. The van der Waals surface area contributed by atoms with Crippen LogP contribution in [0.4, 0.5) is 0 Å². The lowest BCUT2D eigenvalue weighted by atomic mass is 9.89. The van der Waals surface area contributed by atoms with E-state index in [0.29, 0.717) is 24.1 Å². The molecule has 1 aliphatic heterocycles. The van der Waals surface area contributed by atoms with Gasteiger partial charge in [-0.05, 0) is 42.5 Å². The maximum Gasteiger partial charge on any atom is 0.325 e. The third kappa shape index (κ3) is 2.93. The number of aromatic amines is 3. The molecule has 8 nitrogen and oxygen atoms in total. The minimum absolute atomic E-state index is 0.170. The Kier molecular flexibility index (Phi) is 4.04. The van der Waals surface area contributed by atoms with E-state index < -0.39 is 0 Å². The molecule has 3 N–H and O–H groups in total. The number of pyridine rings is 2. The molecule has 1 fully saturated rings. The molecule has 8 heteroatoms. The Bertz CT molecular complexity index is 1340. The summed E-state index contributed by atoms with van der Waals surface area (Å²) < 4.78 is 0. The number of H-pyrrole nitrogens is 3. The monoisotopic (exact) mass is 389 g/mol. The van der Waals surface area contributed by atoms with E-state index in [1.54, 1.807) is 23.2 Å². The first-order valence-corrected chi connectivity index (χ1v) is 9.58. The van der Waals surface area contributed by atoms with E-state index in [2.05, 4.69) is 19.9 Å². The molecule has 4 heterocycles. The van der Waals surface area contributed by atoms with Crippen LogP contribution in [0, 0.1) is 0 Å². The van der Waals surface area contributed by atoms with Crippen molar-refractivity contribution in [2.45, 2.75) is 18.8 Å². The van der Waals surface area contributed by atoms with E-state index in [9.17, 15) is 14.4 Å². The highest BCUT2D eigenvalue weighted by Crippen LogP contribution is 2.31. The Balaban J connectivity index is 1.38. The van der Waals surface area contributed by atoms with Gasteiger partial charge < -0.3 is 14.9 Å². The van der Waals surface area contributed by atoms with Crippen LogP contribution in [0.3, 0.4) is 0 Å². The fourth-order valence-corrected chi connectivity index (χ4v) is 4.19. The minimum atomic E-state index is -0.275. The van der Waals surface area contributed by atoms with Crippen LogP contribution >= 0.6 is 0 Å². The molecule has 0 bridgehead atoms. The molecule has 1 aliphatic rings. The van der Waals surface area contributed by atoms with E-state index in [1.165, 1.54) is 6.20 Å². The van der Waals surface area contributed by atoms with E-state index >= 15 is 0 Å². The van der Waals surface area contributed by atoms with Gasteiger partial charge in [-0.2, -0.15) is 0 Å². The second-order valence-electron chi connectivity index (χ2n) is 7.35. The molecule has 0 aliphatic carbocycles. The number of likely N-dealkylation sites (tertiary alicyclic amines) is 1. The second kappa shape index (κ2) is 6.73. The lowest BCUT2D eigenvalue weighted by Gasteiger charge is -2.32. The predicted octanol–water partition coefficient (Wildman–Crippen LogP) is 2.11. The predicted molar refractivity (Wildman–Crippen MR) is 109 cm³/mol. The van der Waals surface area contributed by atoms with E-state index in [0.717, 1.165) is 29.4 Å². The topological polar surface area (TPSA) is 115 Å². The Morgan fingerprint density at radius 1 is 1.07 bits per heavy atom. The lowest BCUT2D eigenvalue weighted by Crippen LogP contribution is -2.40. The van der Waals surface area contributed by atoms with E-state index in [1.807, 2.05) is 18.2 Å². The van der Waals surface area contributed by atoms with Crippen molar-refractivity contribution in [3.63, 3.8) is 0 Å².